The molecule has 0 bridgehead atoms. The van der Waals surface area contributed by atoms with Crippen LogP contribution in [0.5, 0.6) is 5.75 Å². The van der Waals surface area contributed by atoms with Crippen molar-refractivity contribution in [3.8, 4) is 17.2 Å². The topological polar surface area (TPSA) is 64.4 Å². The van der Waals surface area contributed by atoms with E-state index in [0.717, 1.165) is 16.7 Å². The van der Waals surface area contributed by atoms with Gasteiger partial charge in [0.2, 0.25) is 5.89 Å². The number of carbonyl (C=O) groups excluding carboxylic acids is 1. The van der Waals surface area contributed by atoms with E-state index in [-0.39, 0.29) is 12.5 Å². The van der Waals surface area contributed by atoms with Crippen molar-refractivity contribution in [3.63, 3.8) is 0 Å². The zero-order valence-corrected chi connectivity index (χ0v) is 17.8. The van der Waals surface area contributed by atoms with Crippen LogP contribution in [0.3, 0.4) is 0 Å². The first kappa shape index (κ1) is 20.3. The maximum atomic E-state index is 12.3. The highest BCUT2D eigenvalue weighted by Gasteiger charge is 2.11. The summed E-state index contributed by atoms with van der Waals surface area (Å²) in [6, 6.07) is 16.1. The number of ether oxygens (including phenoxy) is 1. The Hall–Kier alpha value is -3.02. The van der Waals surface area contributed by atoms with Crippen LogP contribution in [-0.4, -0.2) is 17.5 Å². The van der Waals surface area contributed by atoms with Crippen LogP contribution in [0.15, 0.2) is 59.0 Å². The van der Waals surface area contributed by atoms with Gasteiger partial charge in [-0.1, -0.05) is 23.2 Å². The van der Waals surface area contributed by atoms with Crippen LogP contribution in [0, 0.1) is 13.8 Å². The van der Waals surface area contributed by atoms with Crippen LogP contribution >= 0.6 is 23.2 Å². The number of halogens is 2. The number of fused-ring (bicyclic) bond motifs is 1. The minimum atomic E-state index is -0.277. The third-order valence-electron chi connectivity index (χ3n) is 4.54. The highest BCUT2D eigenvalue weighted by atomic mass is 35.5. The van der Waals surface area contributed by atoms with E-state index in [9.17, 15) is 4.79 Å². The van der Waals surface area contributed by atoms with E-state index in [1.165, 1.54) is 0 Å². The minimum absolute atomic E-state index is 0.118. The van der Waals surface area contributed by atoms with Gasteiger partial charge in [-0.05, 0) is 79.6 Å². The first-order valence-corrected chi connectivity index (χ1v) is 10.0. The molecular formula is C23H18Cl2N2O3. The van der Waals surface area contributed by atoms with Crippen molar-refractivity contribution in [2.24, 2.45) is 0 Å². The standard InChI is InChI=1S/C23H18Cl2N2O3/c1-13-9-18(10-14(2)22(13)25)29-12-21(28)26-17-7-8-20-19(11-17)27-23(30-20)15-3-5-16(24)6-4-15/h3-11H,12H2,1-2H3,(H,26,28). The number of hydrogen-bond acceptors (Lipinski definition) is 4. The Balaban J connectivity index is 1.44. The lowest BCUT2D eigenvalue weighted by molar-refractivity contribution is -0.118. The maximum absolute atomic E-state index is 12.3. The van der Waals surface area contributed by atoms with Gasteiger partial charge in [0.25, 0.3) is 5.91 Å². The molecule has 1 heterocycles. The highest BCUT2D eigenvalue weighted by Crippen LogP contribution is 2.28. The summed E-state index contributed by atoms with van der Waals surface area (Å²) >= 11 is 12.1. The smallest absolute Gasteiger partial charge is 0.262 e. The molecule has 7 heteroatoms. The predicted octanol–water partition coefficient (Wildman–Crippen LogP) is 6.44. The van der Waals surface area contributed by atoms with Crippen molar-refractivity contribution in [1.29, 1.82) is 0 Å². The Bertz CT molecular complexity index is 1210. The molecule has 0 spiro atoms. The number of nitrogens with one attached hydrogen (secondary N) is 1. The van der Waals surface area contributed by atoms with Gasteiger partial charge >= 0.3 is 0 Å². The average molecular weight is 441 g/mol. The molecule has 0 aliphatic heterocycles. The zero-order chi connectivity index (χ0) is 21.3. The fraction of sp³-hybridized carbons (Fsp3) is 0.130. The lowest BCUT2D eigenvalue weighted by atomic mass is 10.1. The second-order valence-corrected chi connectivity index (χ2v) is 7.73. The Kier molecular flexibility index (Phi) is 5.66. The Labute approximate surface area is 183 Å². The molecule has 3 aromatic carbocycles. The van der Waals surface area contributed by atoms with Crippen molar-refractivity contribution in [3.05, 3.63) is 75.8 Å². The van der Waals surface area contributed by atoms with Crippen molar-refractivity contribution >= 4 is 45.9 Å². The molecule has 5 nitrogen and oxygen atoms in total. The second-order valence-electron chi connectivity index (χ2n) is 6.92. The SMILES string of the molecule is Cc1cc(OCC(=O)Nc2ccc3oc(-c4ccc(Cl)cc4)nc3c2)cc(C)c1Cl. The number of carbonyl (C=O) groups is 1. The number of nitrogens with zero attached hydrogens (tertiary/aromatic N) is 1. The van der Waals surface area contributed by atoms with Gasteiger partial charge in [0.1, 0.15) is 11.3 Å². The van der Waals surface area contributed by atoms with Gasteiger partial charge in [-0.15, -0.1) is 0 Å². The van der Waals surface area contributed by atoms with Crippen LogP contribution in [0.25, 0.3) is 22.6 Å². The average Bonchev–Trinajstić information content (AvgIpc) is 3.14. The van der Waals surface area contributed by atoms with Crippen molar-refractivity contribution < 1.29 is 13.9 Å². The molecule has 4 rings (SSSR count). The summed E-state index contributed by atoms with van der Waals surface area (Å²) in [6.07, 6.45) is 0. The summed E-state index contributed by atoms with van der Waals surface area (Å²) in [4.78, 5) is 16.8. The Morgan fingerprint density at radius 1 is 1.03 bits per heavy atom. The van der Waals surface area contributed by atoms with Gasteiger partial charge in [0.15, 0.2) is 12.2 Å². The van der Waals surface area contributed by atoms with Crippen LogP contribution in [0.2, 0.25) is 10.0 Å². The van der Waals surface area contributed by atoms with Gasteiger partial charge in [-0.3, -0.25) is 4.79 Å². The Morgan fingerprint density at radius 3 is 2.43 bits per heavy atom. The van der Waals surface area contributed by atoms with Crippen LogP contribution in [0.4, 0.5) is 5.69 Å². The van der Waals surface area contributed by atoms with E-state index in [0.29, 0.717) is 38.5 Å². The molecule has 4 aromatic rings. The molecular weight excluding hydrogens is 423 g/mol. The summed E-state index contributed by atoms with van der Waals surface area (Å²) in [5.41, 5.74) is 4.50. The first-order chi connectivity index (χ1) is 14.4. The molecule has 0 unspecified atom stereocenters. The van der Waals surface area contributed by atoms with Gasteiger partial charge in [0.05, 0.1) is 0 Å². The van der Waals surface area contributed by atoms with Crippen molar-refractivity contribution in [2.75, 3.05) is 11.9 Å². The molecule has 0 saturated heterocycles. The molecule has 1 N–H and O–H groups in total. The second kappa shape index (κ2) is 8.38. The van der Waals surface area contributed by atoms with E-state index in [2.05, 4.69) is 10.3 Å². The molecule has 0 atom stereocenters. The third-order valence-corrected chi connectivity index (χ3v) is 5.39. The van der Waals surface area contributed by atoms with E-state index in [1.807, 2.05) is 38.1 Å². The van der Waals surface area contributed by atoms with Crippen LogP contribution < -0.4 is 10.1 Å². The molecule has 0 aliphatic carbocycles. The molecule has 1 aromatic heterocycles. The first-order valence-electron chi connectivity index (χ1n) is 9.25. The van der Waals surface area contributed by atoms with Crippen LogP contribution in [0.1, 0.15) is 11.1 Å². The molecule has 0 fully saturated rings. The quantitative estimate of drug-likeness (QED) is 0.387. The van der Waals surface area contributed by atoms with E-state index in [4.69, 9.17) is 32.4 Å². The lowest BCUT2D eigenvalue weighted by Gasteiger charge is -2.10. The van der Waals surface area contributed by atoms with Gasteiger partial charge < -0.3 is 14.5 Å². The third kappa shape index (κ3) is 4.42. The molecule has 30 heavy (non-hydrogen) atoms. The number of anilines is 1. The largest absolute Gasteiger partial charge is 0.484 e. The monoisotopic (exact) mass is 440 g/mol. The molecule has 0 aliphatic rings. The fourth-order valence-electron chi connectivity index (χ4n) is 3.06. The molecule has 152 valence electrons. The lowest BCUT2D eigenvalue weighted by Crippen LogP contribution is -2.20. The van der Waals surface area contributed by atoms with Crippen molar-refractivity contribution in [1.82, 2.24) is 4.98 Å². The zero-order valence-electron chi connectivity index (χ0n) is 16.3. The molecule has 0 radical (unpaired) electrons. The Morgan fingerprint density at radius 2 is 1.73 bits per heavy atom. The van der Waals surface area contributed by atoms with Gasteiger partial charge in [-0.25, -0.2) is 4.98 Å². The van der Waals surface area contributed by atoms with E-state index < -0.39 is 0 Å². The summed E-state index contributed by atoms with van der Waals surface area (Å²) in [6.45, 7) is 3.68. The summed E-state index contributed by atoms with van der Waals surface area (Å²) < 4.78 is 11.4. The van der Waals surface area contributed by atoms with Gasteiger partial charge in [0, 0.05) is 21.3 Å². The number of rotatable bonds is 5. The molecule has 1 amide bonds. The minimum Gasteiger partial charge on any atom is -0.484 e. The fourth-order valence-corrected chi connectivity index (χ4v) is 3.29. The summed E-state index contributed by atoms with van der Waals surface area (Å²) in [5.74, 6) is 0.812. The summed E-state index contributed by atoms with van der Waals surface area (Å²) in [7, 11) is 0. The highest BCUT2D eigenvalue weighted by molar-refractivity contribution is 6.32. The molecule has 0 saturated carbocycles. The number of benzene rings is 3. The predicted molar refractivity (Wildman–Crippen MR) is 120 cm³/mol. The summed E-state index contributed by atoms with van der Waals surface area (Å²) in [5, 5.41) is 4.16. The van der Waals surface area contributed by atoms with Crippen LogP contribution in [-0.2, 0) is 4.79 Å². The number of hydrogen-bond donors (Lipinski definition) is 1. The number of aromatic nitrogens is 1. The van der Waals surface area contributed by atoms with E-state index in [1.54, 1.807) is 30.3 Å². The number of amides is 1. The van der Waals surface area contributed by atoms with Crippen molar-refractivity contribution in [2.45, 2.75) is 13.8 Å². The van der Waals surface area contributed by atoms with E-state index >= 15 is 0 Å². The number of oxazole rings is 1. The number of aryl methyl sites for hydroxylation is 2. The maximum Gasteiger partial charge on any atom is 0.262 e. The normalized spacial score (nSPS) is 10.9. The van der Waals surface area contributed by atoms with Gasteiger partial charge in [-0.2, -0.15) is 0 Å².